The van der Waals surface area contributed by atoms with Crippen molar-refractivity contribution in [1.29, 1.82) is 0 Å². The van der Waals surface area contributed by atoms with Gasteiger partial charge in [0, 0.05) is 30.4 Å². The number of amides is 1. The van der Waals surface area contributed by atoms with Crippen LogP contribution in [0.3, 0.4) is 0 Å². The zero-order valence-corrected chi connectivity index (χ0v) is 14.0. The van der Waals surface area contributed by atoms with E-state index in [1.807, 2.05) is 34.6 Å². The molecule has 6 nitrogen and oxygen atoms in total. The van der Waals surface area contributed by atoms with Crippen molar-refractivity contribution in [2.75, 3.05) is 7.05 Å². The molecule has 2 heterocycles. The zero-order chi connectivity index (χ0) is 16.4. The van der Waals surface area contributed by atoms with Crippen LogP contribution in [-0.2, 0) is 0 Å². The first-order valence-corrected chi connectivity index (χ1v) is 7.44. The maximum absolute atomic E-state index is 12.7. The smallest absolute Gasteiger partial charge is 0.272 e. The summed E-state index contributed by atoms with van der Waals surface area (Å²) in [6, 6.07) is 1.58. The van der Waals surface area contributed by atoms with Crippen molar-refractivity contribution in [2.45, 2.75) is 46.6 Å². The van der Waals surface area contributed by atoms with Gasteiger partial charge in [-0.15, -0.1) is 0 Å². The molecule has 0 aliphatic heterocycles. The van der Waals surface area contributed by atoms with E-state index in [-0.39, 0.29) is 17.9 Å². The molecule has 0 radical (unpaired) electrons. The topological polar surface area (TPSA) is 74.8 Å². The van der Waals surface area contributed by atoms with Gasteiger partial charge in [0.05, 0.1) is 11.7 Å². The van der Waals surface area contributed by atoms with E-state index in [1.165, 1.54) is 0 Å². The average Bonchev–Trinajstić information content (AvgIpc) is 2.84. The van der Waals surface area contributed by atoms with Crippen LogP contribution in [0.1, 0.15) is 66.0 Å². The highest BCUT2D eigenvalue weighted by atomic mass is 16.2. The molecular weight excluding hydrogens is 278 g/mol. The number of nitrogens with one attached hydrogen (secondary N) is 1. The highest BCUT2D eigenvalue weighted by molar-refractivity contribution is 5.92. The Morgan fingerprint density at radius 3 is 2.50 bits per heavy atom. The number of aromatic amines is 1. The predicted molar refractivity (Wildman–Crippen MR) is 84.7 cm³/mol. The largest absolute Gasteiger partial charge is 0.333 e. The summed E-state index contributed by atoms with van der Waals surface area (Å²) in [5.74, 6) is 0.758. The standard InChI is InChI=1S/C16H23N5O/c1-9(2)15-17-8-7-13(18-15)16(22)21(6)12(5)14-10(3)19-20-11(14)4/h7-9,12H,1-6H3,(H,19,20)/t12-/m0/s1. The van der Waals surface area contributed by atoms with E-state index in [0.29, 0.717) is 11.5 Å². The monoisotopic (exact) mass is 301 g/mol. The lowest BCUT2D eigenvalue weighted by Crippen LogP contribution is -2.31. The molecule has 22 heavy (non-hydrogen) atoms. The summed E-state index contributed by atoms with van der Waals surface area (Å²) in [5.41, 5.74) is 3.37. The Bertz CT molecular complexity index is 657. The van der Waals surface area contributed by atoms with Crippen LogP contribution in [0.2, 0.25) is 0 Å². The summed E-state index contributed by atoms with van der Waals surface area (Å²) >= 11 is 0. The first kappa shape index (κ1) is 16.1. The maximum Gasteiger partial charge on any atom is 0.272 e. The summed E-state index contributed by atoms with van der Waals surface area (Å²) in [7, 11) is 1.79. The molecule has 1 N–H and O–H groups in total. The van der Waals surface area contributed by atoms with Gasteiger partial charge < -0.3 is 4.90 Å². The molecule has 2 aromatic heterocycles. The molecule has 0 aliphatic rings. The normalized spacial score (nSPS) is 12.5. The van der Waals surface area contributed by atoms with Crippen LogP contribution < -0.4 is 0 Å². The van der Waals surface area contributed by atoms with Crippen molar-refractivity contribution in [1.82, 2.24) is 25.1 Å². The van der Waals surface area contributed by atoms with Crippen molar-refractivity contribution in [3.63, 3.8) is 0 Å². The van der Waals surface area contributed by atoms with Gasteiger partial charge in [-0.3, -0.25) is 9.89 Å². The van der Waals surface area contributed by atoms with Gasteiger partial charge >= 0.3 is 0 Å². The Labute approximate surface area is 131 Å². The van der Waals surface area contributed by atoms with Crippen molar-refractivity contribution in [3.8, 4) is 0 Å². The van der Waals surface area contributed by atoms with E-state index in [0.717, 1.165) is 17.0 Å². The molecule has 0 spiro atoms. The van der Waals surface area contributed by atoms with Gasteiger partial charge in [-0.2, -0.15) is 5.10 Å². The third kappa shape index (κ3) is 3.00. The lowest BCUT2D eigenvalue weighted by Gasteiger charge is -2.25. The van der Waals surface area contributed by atoms with Crippen LogP contribution in [0.25, 0.3) is 0 Å². The highest BCUT2D eigenvalue weighted by Crippen LogP contribution is 2.25. The Hall–Kier alpha value is -2.24. The van der Waals surface area contributed by atoms with Gasteiger partial charge in [0.1, 0.15) is 11.5 Å². The van der Waals surface area contributed by atoms with Gasteiger partial charge in [0.2, 0.25) is 0 Å². The lowest BCUT2D eigenvalue weighted by atomic mass is 10.1. The summed E-state index contributed by atoms with van der Waals surface area (Å²) in [6.45, 7) is 9.91. The van der Waals surface area contributed by atoms with Crippen LogP contribution >= 0.6 is 0 Å². The van der Waals surface area contributed by atoms with Crippen molar-refractivity contribution < 1.29 is 4.79 Å². The third-order valence-corrected chi connectivity index (χ3v) is 3.91. The molecular formula is C16H23N5O. The number of rotatable bonds is 4. The van der Waals surface area contributed by atoms with Gasteiger partial charge in [-0.25, -0.2) is 9.97 Å². The summed E-state index contributed by atoms with van der Waals surface area (Å²) in [6.07, 6.45) is 1.64. The quantitative estimate of drug-likeness (QED) is 0.942. The van der Waals surface area contributed by atoms with Gasteiger partial charge in [0.15, 0.2) is 0 Å². The molecule has 0 unspecified atom stereocenters. The summed E-state index contributed by atoms with van der Waals surface area (Å²) < 4.78 is 0. The fourth-order valence-corrected chi connectivity index (χ4v) is 2.50. The van der Waals surface area contributed by atoms with E-state index in [1.54, 1.807) is 24.2 Å². The van der Waals surface area contributed by atoms with Crippen molar-refractivity contribution >= 4 is 5.91 Å². The number of carbonyl (C=O) groups is 1. The van der Waals surface area contributed by atoms with Crippen molar-refractivity contribution in [3.05, 3.63) is 40.7 Å². The molecule has 0 aromatic carbocycles. The van der Waals surface area contributed by atoms with E-state index < -0.39 is 0 Å². The molecule has 0 bridgehead atoms. The molecule has 118 valence electrons. The van der Waals surface area contributed by atoms with Crippen molar-refractivity contribution in [2.24, 2.45) is 0 Å². The van der Waals surface area contributed by atoms with E-state index in [9.17, 15) is 4.79 Å². The molecule has 6 heteroatoms. The molecule has 2 aromatic rings. The van der Waals surface area contributed by atoms with Crippen LogP contribution in [0, 0.1) is 13.8 Å². The second kappa shape index (κ2) is 6.25. The molecule has 0 saturated heterocycles. The van der Waals surface area contributed by atoms with Crippen LogP contribution in [0.5, 0.6) is 0 Å². The second-order valence-corrected chi connectivity index (χ2v) is 5.89. The van der Waals surface area contributed by atoms with Gasteiger partial charge in [-0.1, -0.05) is 13.8 Å². The molecule has 2 rings (SSSR count). The lowest BCUT2D eigenvalue weighted by molar-refractivity contribution is 0.0735. The molecule has 0 aliphatic carbocycles. The number of aryl methyl sites for hydroxylation is 2. The fraction of sp³-hybridized carbons (Fsp3) is 0.500. The van der Waals surface area contributed by atoms with Gasteiger partial charge in [-0.05, 0) is 26.8 Å². The Kier molecular flexibility index (Phi) is 4.59. The van der Waals surface area contributed by atoms with Crippen LogP contribution in [0.15, 0.2) is 12.3 Å². The second-order valence-electron chi connectivity index (χ2n) is 5.89. The summed E-state index contributed by atoms with van der Waals surface area (Å²) in [4.78, 5) is 23.0. The Morgan fingerprint density at radius 1 is 1.27 bits per heavy atom. The number of nitrogens with zero attached hydrogens (tertiary/aromatic N) is 4. The minimum Gasteiger partial charge on any atom is -0.333 e. The van der Waals surface area contributed by atoms with Gasteiger partial charge in [0.25, 0.3) is 5.91 Å². The number of hydrogen-bond acceptors (Lipinski definition) is 4. The molecule has 0 fully saturated rings. The van der Waals surface area contributed by atoms with Crippen LogP contribution in [0.4, 0.5) is 0 Å². The first-order valence-electron chi connectivity index (χ1n) is 7.44. The first-order chi connectivity index (χ1) is 10.3. The van der Waals surface area contributed by atoms with E-state index >= 15 is 0 Å². The Balaban J connectivity index is 2.27. The third-order valence-electron chi connectivity index (χ3n) is 3.91. The van der Waals surface area contributed by atoms with Crippen LogP contribution in [-0.4, -0.2) is 38.0 Å². The SMILES string of the molecule is Cc1n[nH]c(C)c1[C@H](C)N(C)C(=O)c1ccnc(C(C)C)n1. The maximum atomic E-state index is 12.7. The number of H-pyrrole nitrogens is 1. The number of hydrogen-bond donors (Lipinski definition) is 1. The highest BCUT2D eigenvalue weighted by Gasteiger charge is 2.24. The molecule has 0 saturated carbocycles. The van der Waals surface area contributed by atoms with E-state index in [4.69, 9.17) is 0 Å². The number of carbonyl (C=O) groups excluding carboxylic acids is 1. The zero-order valence-electron chi connectivity index (χ0n) is 14.0. The Morgan fingerprint density at radius 2 is 1.95 bits per heavy atom. The molecule has 1 amide bonds. The minimum atomic E-state index is -0.114. The summed E-state index contributed by atoms with van der Waals surface area (Å²) in [5, 5.41) is 7.16. The minimum absolute atomic E-state index is 0.0799. The predicted octanol–water partition coefficient (Wildman–Crippen LogP) is 2.77. The fourth-order valence-electron chi connectivity index (χ4n) is 2.50. The average molecular weight is 301 g/mol. The molecule has 1 atom stereocenters. The number of aromatic nitrogens is 4. The van der Waals surface area contributed by atoms with E-state index in [2.05, 4.69) is 20.2 Å².